The first-order valence-electron chi connectivity index (χ1n) is 13.1. The van der Waals surface area contributed by atoms with E-state index in [0.717, 1.165) is 36.8 Å². The van der Waals surface area contributed by atoms with Crippen molar-refractivity contribution in [1.82, 2.24) is 15.5 Å². The van der Waals surface area contributed by atoms with E-state index in [1.807, 2.05) is 6.07 Å². The summed E-state index contributed by atoms with van der Waals surface area (Å²) in [5.41, 5.74) is 9.97. The number of aryl methyl sites for hydroxylation is 1. The van der Waals surface area contributed by atoms with Gasteiger partial charge in [0, 0.05) is 6.42 Å². The van der Waals surface area contributed by atoms with Crippen LogP contribution in [-0.2, 0) is 33.6 Å². The van der Waals surface area contributed by atoms with Crippen molar-refractivity contribution in [2.24, 2.45) is 17.1 Å². The van der Waals surface area contributed by atoms with Gasteiger partial charge in [-0.2, -0.15) is 0 Å². The summed E-state index contributed by atoms with van der Waals surface area (Å²) in [6.07, 6.45) is 4.60. The van der Waals surface area contributed by atoms with Gasteiger partial charge in [0.1, 0.15) is 17.8 Å². The molecule has 3 aliphatic rings. The lowest BCUT2D eigenvalue weighted by molar-refractivity contribution is -0.144. The number of carbonyl (C=O) groups excluding carboxylic acids is 3. The molecule has 0 aromatic heterocycles. The summed E-state index contributed by atoms with van der Waals surface area (Å²) in [6.45, 7) is 2.15. The minimum Gasteiger partial charge on any atom is -0.508 e. The lowest BCUT2D eigenvalue weighted by Crippen LogP contribution is -2.56. The van der Waals surface area contributed by atoms with Crippen LogP contribution in [0.5, 0.6) is 5.75 Å². The number of rotatable bonds is 6. The third-order valence-electron chi connectivity index (χ3n) is 8.54. The van der Waals surface area contributed by atoms with E-state index in [1.54, 1.807) is 24.1 Å². The molecule has 1 saturated heterocycles. The Labute approximate surface area is 217 Å². The third kappa shape index (κ3) is 4.70. The molecule has 2 heterocycles. The van der Waals surface area contributed by atoms with E-state index in [1.165, 1.54) is 11.1 Å². The first-order chi connectivity index (χ1) is 17.7. The van der Waals surface area contributed by atoms with Crippen LogP contribution in [0.4, 0.5) is 0 Å². The Morgan fingerprint density at radius 2 is 1.89 bits per heavy atom. The molecule has 5 N–H and O–H groups in total. The van der Waals surface area contributed by atoms with Crippen molar-refractivity contribution in [3.8, 4) is 5.75 Å². The van der Waals surface area contributed by atoms with Gasteiger partial charge in [-0.3, -0.25) is 14.4 Å². The highest BCUT2D eigenvalue weighted by Crippen LogP contribution is 2.54. The predicted octanol–water partition coefficient (Wildman–Crippen LogP) is 1.98. The van der Waals surface area contributed by atoms with Crippen molar-refractivity contribution in [2.75, 3.05) is 13.6 Å². The largest absolute Gasteiger partial charge is 0.508 e. The number of phenols is 1. The Morgan fingerprint density at radius 1 is 1.14 bits per heavy atom. The Balaban J connectivity index is 1.51. The fourth-order valence-corrected chi connectivity index (χ4v) is 7.09. The average Bonchev–Trinajstić information content (AvgIpc) is 3.11. The number of nitrogens with zero attached hydrogens (tertiary/aromatic N) is 1. The van der Waals surface area contributed by atoms with E-state index in [2.05, 4.69) is 41.8 Å². The maximum Gasteiger partial charge on any atom is 0.246 e. The van der Waals surface area contributed by atoms with Crippen LogP contribution in [0.25, 0.3) is 0 Å². The van der Waals surface area contributed by atoms with Gasteiger partial charge in [-0.15, -0.1) is 0 Å². The quantitative estimate of drug-likeness (QED) is 0.479. The SMILES string of the molecule is CNCC(=O)NC1Cc2cc(O)ccc2C2CC(C)(CC3CCc4ccccc4C3)C(C(N)=O)N2C1=O. The van der Waals surface area contributed by atoms with Gasteiger partial charge >= 0.3 is 0 Å². The smallest absolute Gasteiger partial charge is 0.246 e. The highest BCUT2D eigenvalue weighted by atomic mass is 16.3. The second-order valence-corrected chi connectivity index (χ2v) is 11.2. The highest BCUT2D eigenvalue weighted by molar-refractivity contribution is 5.94. The normalized spacial score (nSPS) is 28.6. The van der Waals surface area contributed by atoms with Gasteiger partial charge in [-0.25, -0.2) is 0 Å². The zero-order chi connectivity index (χ0) is 26.3. The minimum atomic E-state index is -0.850. The van der Waals surface area contributed by atoms with Crippen molar-refractivity contribution in [2.45, 2.75) is 63.6 Å². The zero-order valence-corrected chi connectivity index (χ0v) is 21.5. The van der Waals surface area contributed by atoms with E-state index in [0.29, 0.717) is 12.3 Å². The lowest BCUT2D eigenvalue weighted by Gasteiger charge is -2.38. The van der Waals surface area contributed by atoms with E-state index in [4.69, 9.17) is 5.73 Å². The van der Waals surface area contributed by atoms with Crippen molar-refractivity contribution >= 4 is 17.7 Å². The molecule has 5 rings (SSSR count). The monoisotopic (exact) mass is 504 g/mol. The summed E-state index contributed by atoms with van der Waals surface area (Å²) in [5, 5.41) is 15.8. The number of aromatic hydroxyl groups is 1. The van der Waals surface area contributed by atoms with Crippen molar-refractivity contribution in [1.29, 1.82) is 0 Å². The van der Waals surface area contributed by atoms with Crippen LogP contribution in [0.3, 0.4) is 0 Å². The molecule has 196 valence electrons. The lowest BCUT2D eigenvalue weighted by atomic mass is 9.69. The van der Waals surface area contributed by atoms with Crippen LogP contribution in [0.2, 0.25) is 0 Å². The fraction of sp³-hybridized carbons (Fsp3) is 0.483. The number of phenolic OH excluding ortho intramolecular Hbond substituents is 1. The van der Waals surface area contributed by atoms with E-state index in [9.17, 15) is 19.5 Å². The number of hydrogen-bond donors (Lipinski definition) is 4. The number of amides is 3. The average molecular weight is 505 g/mol. The zero-order valence-electron chi connectivity index (χ0n) is 21.5. The Morgan fingerprint density at radius 3 is 2.62 bits per heavy atom. The van der Waals surface area contributed by atoms with E-state index in [-0.39, 0.29) is 36.6 Å². The number of benzene rings is 2. The first-order valence-corrected chi connectivity index (χ1v) is 13.1. The molecule has 0 bridgehead atoms. The van der Waals surface area contributed by atoms with E-state index >= 15 is 0 Å². The molecule has 2 aromatic carbocycles. The topological polar surface area (TPSA) is 125 Å². The number of nitrogens with two attached hydrogens (primary N) is 1. The van der Waals surface area contributed by atoms with E-state index < -0.39 is 23.4 Å². The number of primary amides is 1. The molecule has 0 spiro atoms. The molecule has 1 fully saturated rings. The van der Waals surface area contributed by atoms with Gasteiger partial charge in [0.2, 0.25) is 17.7 Å². The van der Waals surface area contributed by atoms with Crippen LogP contribution >= 0.6 is 0 Å². The Hall–Kier alpha value is -3.39. The third-order valence-corrected chi connectivity index (χ3v) is 8.54. The number of fused-ring (bicyclic) bond motifs is 4. The summed E-state index contributed by atoms with van der Waals surface area (Å²) >= 11 is 0. The van der Waals surface area contributed by atoms with Gasteiger partial charge in [-0.1, -0.05) is 37.3 Å². The molecule has 2 aliphatic heterocycles. The van der Waals surface area contributed by atoms with Crippen molar-refractivity contribution < 1.29 is 19.5 Å². The van der Waals surface area contributed by atoms with Gasteiger partial charge in [0.25, 0.3) is 0 Å². The minimum absolute atomic E-state index is 0.0697. The van der Waals surface area contributed by atoms with Gasteiger partial charge in [-0.05, 0) is 84.9 Å². The van der Waals surface area contributed by atoms with Crippen LogP contribution in [0, 0.1) is 11.3 Å². The molecule has 2 aromatic rings. The first kappa shape index (κ1) is 25.3. The molecular formula is C29H36N4O4. The molecule has 8 nitrogen and oxygen atoms in total. The summed E-state index contributed by atoms with van der Waals surface area (Å²) in [5.74, 6) is -0.637. The van der Waals surface area contributed by atoms with Gasteiger partial charge in [0.15, 0.2) is 0 Å². The Kier molecular flexibility index (Phi) is 6.70. The fourth-order valence-electron chi connectivity index (χ4n) is 7.09. The summed E-state index contributed by atoms with van der Waals surface area (Å²) in [4.78, 5) is 41.2. The predicted molar refractivity (Wildman–Crippen MR) is 140 cm³/mol. The second-order valence-electron chi connectivity index (χ2n) is 11.2. The molecule has 1 aliphatic carbocycles. The molecule has 5 atom stereocenters. The second kappa shape index (κ2) is 9.82. The molecule has 5 unspecified atom stereocenters. The standard InChI is InChI=1S/C29H36N4O4/c1-29(14-17-7-8-18-5-3-4-6-19(18)11-17)15-24-22-10-9-21(34)12-20(22)13-23(32-25(35)16-31-2)28(37)33(24)26(29)27(30)36/h3-6,9-10,12,17,23-24,26,31,34H,7-8,11,13-16H2,1-2H3,(H2,30,36)(H,32,35). The summed E-state index contributed by atoms with van der Waals surface area (Å²) < 4.78 is 0. The van der Waals surface area contributed by atoms with Crippen LogP contribution in [-0.4, -0.2) is 53.4 Å². The molecule has 37 heavy (non-hydrogen) atoms. The van der Waals surface area contributed by atoms with Crippen LogP contribution < -0.4 is 16.4 Å². The summed E-state index contributed by atoms with van der Waals surface area (Å²) in [6, 6.07) is 11.7. The molecule has 3 amide bonds. The maximum atomic E-state index is 14.0. The Bertz CT molecular complexity index is 1230. The van der Waals surface area contributed by atoms with Gasteiger partial charge in [0.05, 0.1) is 12.6 Å². The summed E-state index contributed by atoms with van der Waals surface area (Å²) in [7, 11) is 1.66. The van der Waals surface area contributed by atoms with Crippen LogP contribution in [0.15, 0.2) is 42.5 Å². The number of nitrogens with one attached hydrogen (secondary N) is 2. The van der Waals surface area contributed by atoms with Crippen LogP contribution in [0.1, 0.15) is 54.5 Å². The van der Waals surface area contributed by atoms with Gasteiger partial charge < -0.3 is 26.4 Å². The maximum absolute atomic E-state index is 14.0. The molecular weight excluding hydrogens is 468 g/mol. The molecule has 0 radical (unpaired) electrons. The number of hydrogen-bond acceptors (Lipinski definition) is 5. The molecule has 8 heteroatoms. The van der Waals surface area contributed by atoms with Crippen molar-refractivity contribution in [3.05, 3.63) is 64.7 Å². The van der Waals surface area contributed by atoms with Crippen molar-refractivity contribution in [3.63, 3.8) is 0 Å². The number of carbonyl (C=O) groups is 3. The highest BCUT2D eigenvalue weighted by Gasteiger charge is 2.57. The number of likely N-dealkylation sites (N-methyl/N-ethyl adjacent to an activating group) is 1. The molecule has 0 saturated carbocycles.